The number of carbonyl (C=O) groups is 1. The minimum atomic E-state index is -0.456. The Morgan fingerprint density at radius 2 is 2.44 bits per heavy atom. The van der Waals surface area contributed by atoms with Crippen LogP contribution in [-0.2, 0) is 0 Å². The van der Waals surface area contributed by atoms with Gasteiger partial charge in [0.15, 0.2) is 5.78 Å². The highest BCUT2D eigenvalue weighted by Crippen LogP contribution is 2.33. The summed E-state index contributed by atoms with van der Waals surface area (Å²) in [6, 6.07) is 1.27. The number of hydrogen-bond donors (Lipinski definition) is 1. The van der Waals surface area contributed by atoms with Crippen LogP contribution in [0.1, 0.15) is 30.1 Å². The molecule has 0 bridgehead atoms. The monoisotopic (exact) mass is 222 g/mol. The number of ketones is 1. The molecule has 4 heteroatoms. The van der Waals surface area contributed by atoms with Crippen molar-refractivity contribution in [2.24, 2.45) is 5.41 Å². The third kappa shape index (κ3) is 1.85. The summed E-state index contributed by atoms with van der Waals surface area (Å²) in [4.78, 5) is 16.0. The number of carbonyl (C=O) groups excluding carboxylic acids is 1. The number of hydrogen-bond acceptors (Lipinski definition) is 3. The zero-order chi connectivity index (χ0) is 11.6. The standard InChI is InChI=1S/C12H15FN2O/c1-2-12(3-4-14-8-12)11(16)9-5-10(13)7-15-6-9/h5-7,14H,2-4,8H2,1H3. The number of aromatic nitrogens is 1. The molecule has 0 amide bonds. The summed E-state index contributed by atoms with van der Waals surface area (Å²) in [6.45, 7) is 3.53. The molecule has 3 nitrogen and oxygen atoms in total. The van der Waals surface area contributed by atoms with Crippen LogP contribution in [0.3, 0.4) is 0 Å². The molecule has 1 unspecified atom stereocenters. The molecule has 2 rings (SSSR count). The van der Waals surface area contributed by atoms with Crippen molar-refractivity contribution in [3.8, 4) is 0 Å². The van der Waals surface area contributed by atoms with Crippen molar-refractivity contribution in [3.05, 3.63) is 29.8 Å². The van der Waals surface area contributed by atoms with Crippen molar-refractivity contribution in [1.29, 1.82) is 0 Å². The Balaban J connectivity index is 2.30. The highest BCUT2D eigenvalue weighted by atomic mass is 19.1. The van der Waals surface area contributed by atoms with E-state index < -0.39 is 5.82 Å². The Kier molecular flexibility index (Phi) is 3.01. The second-order valence-electron chi connectivity index (χ2n) is 4.28. The predicted molar refractivity (Wildman–Crippen MR) is 58.7 cm³/mol. The van der Waals surface area contributed by atoms with Crippen molar-refractivity contribution < 1.29 is 9.18 Å². The van der Waals surface area contributed by atoms with Crippen molar-refractivity contribution in [1.82, 2.24) is 10.3 Å². The average Bonchev–Trinajstić information content (AvgIpc) is 2.78. The normalized spacial score (nSPS) is 24.6. The molecule has 1 aromatic rings. The van der Waals surface area contributed by atoms with Gasteiger partial charge in [0.25, 0.3) is 0 Å². The van der Waals surface area contributed by atoms with E-state index in [2.05, 4.69) is 10.3 Å². The van der Waals surface area contributed by atoms with Crippen LogP contribution in [-0.4, -0.2) is 23.9 Å². The third-order valence-corrected chi connectivity index (χ3v) is 3.37. The third-order valence-electron chi connectivity index (χ3n) is 3.37. The Morgan fingerprint density at radius 3 is 3.00 bits per heavy atom. The lowest BCUT2D eigenvalue weighted by Gasteiger charge is -2.24. The van der Waals surface area contributed by atoms with Crippen LogP contribution in [0, 0.1) is 11.2 Å². The van der Waals surface area contributed by atoms with E-state index in [-0.39, 0.29) is 11.2 Å². The molecule has 1 atom stereocenters. The first kappa shape index (κ1) is 11.2. The molecule has 1 aliphatic rings. The first-order valence-electron chi connectivity index (χ1n) is 5.54. The van der Waals surface area contributed by atoms with Crippen LogP contribution >= 0.6 is 0 Å². The number of Topliss-reactive ketones (excluding diaryl/α,β-unsaturated/α-hetero) is 1. The van der Waals surface area contributed by atoms with Gasteiger partial charge in [-0.25, -0.2) is 4.39 Å². The van der Waals surface area contributed by atoms with Crippen LogP contribution < -0.4 is 5.32 Å². The molecule has 2 heterocycles. The zero-order valence-corrected chi connectivity index (χ0v) is 9.29. The number of nitrogens with zero attached hydrogens (tertiary/aromatic N) is 1. The second-order valence-corrected chi connectivity index (χ2v) is 4.28. The van der Waals surface area contributed by atoms with Crippen molar-refractivity contribution in [2.45, 2.75) is 19.8 Å². The second kappa shape index (κ2) is 4.29. The van der Waals surface area contributed by atoms with E-state index in [4.69, 9.17) is 0 Å². The maximum Gasteiger partial charge on any atom is 0.171 e. The van der Waals surface area contributed by atoms with E-state index in [1.165, 1.54) is 12.3 Å². The summed E-state index contributed by atoms with van der Waals surface area (Å²) >= 11 is 0. The molecule has 1 fully saturated rings. The van der Waals surface area contributed by atoms with Gasteiger partial charge in [-0.15, -0.1) is 0 Å². The Morgan fingerprint density at radius 1 is 1.62 bits per heavy atom. The molecule has 0 saturated carbocycles. The van der Waals surface area contributed by atoms with Crippen LogP contribution in [0.2, 0.25) is 0 Å². The van der Waals surface area contributed by atoms with E-state index in [1.54, 1.807) is 0 Å². The topological polar surface area (TPSA) is 42.0 Å². The fourth-order valence-electron chi connectivity index (χ4n) is 2.24. The lowest BCUT2D eigenvalue weighted by molar-refractivity contribution is 0.0809. The summed E-state index contributed by atoms with van der Waals surface area (Å²) < 4.78 is 13.0. The van der Waals surface area contributed by atoms with Gasteiger partial charge < -0.3 is 5.32 Å². The van der Waals surface area contributed by atoms with Gasteiger partial charge in [-0.05, 0) is 25.5 Å². The number of pyridine rings is 1. The van der Waals surface area contributed by atoms with E-state index in [0.717, 1.165) is 25.6 Å². The van der Waals surface area contributed by atoms with E-state index in [1.807, 2.05) is 6.92 Å². The van der Waals surface area contributed by atoms with Gasteiger partial charge in [0.2, 0.25) is 0 Å². The van der Waals surface area contributed by atoms with Gasteiger partial charge in [-0.1, -0.05) is 6.92 Å². The van der Waals surface area contributed by atoms with Crippen LogP contribution in [0.5, 0.6) is 0 Å². The maximum absolute atomic E-state index is 13.0. The van der Waals surface area contributed by atoms with Crippen LogP contribution in [0.15, 0.2) is 18.5 Å². The Labute approximate surface area is 94.1 Å². The highest BCUT2D eigenvalue weighted by Gasteiger charge is 2.39. The van der Waals surface area contributed by atoms with Gasteiger partial charge in [-0.2, -0.15) is 0 Å². The van der Waals surface area contributed by atoms with Crippen molar-refractivity contribution in [3.63, 3.8) is 0 Å². The molecule has 0 radical (unpaired) electrons. The predicted octanol–water partition coefficient (Wildman–Crippen LogP) is 1.79. The zero-order valence-electron chi connectivity index (χ0n) is 9.29. The highest BCUT2D eigenvalue weighted by molar-refractivity contribution is 6.00. The Hall–Kier alpha value is -1.29. The van der Waals surface area contributed by atoms with Gasteiger partial charge in [0.1, 0.15) is 5.82 Å². The number of halogens is 1. The molecule has 0 aliphatic carbocycles. The summed E-state index contributed by atoms with van der Waals surface area (Å²) in [5, 5.41) is 3.19. The minimum absolute atomic E-state index is 0.00648. The number of rotatable bonds is 3. The molecule has 16 heavy (non-hydrogen) atoms. The van der Waals surface area contributed by atoms with Crippen LogP contribution in [0.25, 0.3) is 0 Å². The molecular formula is C12H15FN2O. The summed E-state index contributed by atoms with van der Waals surface area (Å²) in [5.74, 6) is -0.449. The van der Waals surface area contributed by atoms with Crippen LogP contribution in [0.4, 0.5) is 4.39 Å². The van der Waals surface area contributed by atoms with E-state index in [0.29, 0.717) is 12.1 Å². The molecule has 1 aliphatic heterocycles. The van der Waals surface area contributed by atoms with Gasteiger partial charge in [0, 0.05) is 23.7 Å². The smallest absolute Gasteiger partial charge is 0.171 e. The molecule has 0 aromatic carbocycles. The molecule has 1 saturated heterocycles. The van der Waals surface area contributed by atoms with Crippen molar-refractivity contribution in [2.75, 3.05) is 13.1 Å². The lowest BCUT2D eigenvalue weighted by Crippen LogP contribution is -2.33. The average molecular weight is 222 g/mol. The fraction of sp³-hybridized carbons (Fsp3) is 0.500. The Bertz CT molecular complexity index is 400. The van der Waals surface area contributed by atoms with Gasteiger partial charge >= 0.3 is 0 Å². The SMILES string of the molecule is CCC1(C(=O)c2cncc(F)c2)CCNC1. The molecule has 1 aromatic heterocycles. The quantitative estimate of drug-likeness (QED) is 0.793. The van der Waals surface area contributed by atoms with E-state index in [9.17, 15) is 9.18 Å². The van der Waals surface area contributed by atoms with Gasteiger partial charge in [0.05, 0.1) is 6.20 Å². The largest absolute Gasteiger partial charge is 0.316 e. The minimum Gasteiger partial charge on any atom is -0.316 e. The fourth-order valence-corrected chi connectivity index (χ4v) is 2.24. The first-order valence-corrected chi connectivity index (χ1v) is 5.54. The lowest BCUT2D eigenvalue weighted by atomic mass is 9.77. The van der Waals surface area contributed by atoms with Crippen molar-refractivity contribution >= 4 is 5.78 Å². The van der Waals surface area contributed by atoms with Gasteiger partial charge in [-0.3, -0.25) is 9.78 Å². The molecule has 1 N–H and O–H groups in total. The summed E-state index contributed by atoms with van der Waals surface area (Å²) in [6.07, 6.45) is 4.15. The molecular weight excluding hydrogens is 207 g/mol. The maximum atomic E-state index is 13.0. The number of nitrogens with one attached hydrogen (secondary N) is 1. The summed E-state index contributed by atoms with van der Waals surface area (Å²) in [7, 11) is 0. The molecule has 86 valence electrons. The summed E-state index contributed by atoms with van der Waals surface area (Å²) in [5.41, 5.74) is 0.0145. The first-order chi connectivity index (χ1) is 7.68. The van der Waals surface area contributed by atoms with E-state index >= 15 is 0 Å². The molecule has 0 spiro atoms.